The Morgan fingerprint density at radius 1 is 1.12 bits per heavy atom. The van der Waals surface area contributed by atoms with E-state index in [2.05, 4.69) is 56.1 Å². The third kappa shape index (κ3) is 6.44. The zero-order valence-electron chi connectivity index (χ0n) is 11.4. The Hall–Kier alpha value is -0.860. The minimum absolute atomic E-state index is 0.277. The number of rotatable bonds is 7. The SMILES string of the molecule is CC(C)CN(C)CC(N)CCc1ccccc1. The van der Waals surface area contributed by atoms with Gasteiger partial charge in [0.15, 0.2) is 0 Å². The molecule has 0 fully saturated rings. The summed E-state index contributed by atoms with van der Waals surface area (Å²) in [4.78, 5) is 2.33. The van der Waals surface area contributed by atoms with Gasteiger partial charge in [0.1, 0.15) is 0 Å². The van der Waals surface area contributed by atoms with E-state index in [4.69, 9.17) is 5.73 Å². The summed E-state index contributed by atoms with van der Waals surface area (Å²) < 4.78 is 0. The summed E-state index contributed by atoms with van der Waals surface area (Å²) in [5, 5.41) is 0. The fraction of sp³-hybridized carbons (Fsp3) is 0.600. The Bertz CT molecular complexity index is 295. The number of nitrogens with zero attached hydrogens (tertiary/aromatic N) is 1. The van der Waals surface area contributed by atoms with Crippen molar-refractivity contribution in [1.82, 2.24) is 4.90 Å². The average molecular weight is 234 g/mol. The van der Waals surface area contributed by atoms with E-state index in [1.807, 2.05) is 0 Å². The van der Waals surface area contributed by atoms with Crippen molar-refractivity contribution >= 4 is 0 Å². The number of hydrogen-bond acceptors (Lipinski definition) is 2. The molecule has 2 nitrogen and oxygen atoms in total. The molecule has 0 aliphatic heterocycles. The van der Waals surface area contributed by atoms with Crippen LogP contribution in [0.2, 0.25) is 0 Å². The van der Waals surface area contributed by atoms with E-state index >= 15 is 0 Å². The maximum absolute atomic E-state index is 6.16. The van der Waals surface area contributed by atoms with Crippen molar-refractivity contribution in [2.75, 3.05) is 20.1 Å². The normalized spacial score (nSPS) is 13.3. The van der Waals surface area contributed by atoms with Crippen LogP contribution < -0.4 is 5.73 Å². The minimum atomic E-state index is 0.277. The molecule has 96 valence electrons. The first kappa shape index (κ1) is 14.2. The number of nitrogens with two attached hydrogens (primary N) is 1. The molecule has 2 N–H and O–H groups in total. The smallest absolute Gasteiger partial charge is 0.0170 e. The van der Waals surface area contributed by atoms with Crippen molar-refractivity contribution in [3.8, 4) is 0 Å². The zero-order valence-corrected chi connectivity index (χ0v) is 11.4. The van der Waals surface area contributed by atoms with Gasteiger partial charge in [0.2, 0.25) is 0 Å². The molecule has 1 rings (SSSR count). The van der Waals surface area contributed by atoms with Gasteiger partial charge in [0.25, 0.3) is 0 Å². The van der Waals surface area contributed by atoms with E-state index in [-0.39, 0.29) is 6.04 Å². The second-order valence-electron chi connectivity index (χ2n) is 5.40. The number of benzene rings is 1. The summed E-state index contributed by atoms with van der Waals surface area (Å²) in [5.41, 5.74) is 7.54. The number of aryl methyl sites for hydroxylation is 1. The maximum Gasteiger partial charge on any atom is 0.0170 e. The van der Waals surface area contributed by atoms with Crippen LogP contribution in [-0.4, -0.2) is 31.1 Å². The highest BCUT2D eigenvalue weighted by molar-refractivity contribution is 5.14. The van der Waals surface area contributed by atoms with Crippen LogP contribution in [0.3, 0.4) is 0 Å². The molecule has 0 bridgehead atoms. The van der Waals surface area contributed by atoms with Crippen LogP contribution in [0.1, 0.15) is 25.8 Å². The van der Waals surface area contributed by atoms with Crippen molar-refractivity contribution < 1.29 is 0 Å². The van der Waals surface area contributed by atoms with Gasteiger partial charge in [-0.25, -0.2) is 0 Å². The van der Waals surface area contributed by atoms with Gasteiger partial charge in [0, 0.05) is 19.1 Å². The molecule has 1 unspecified atom stereocenters. The molecule has 0 heterocycles. The van der Waals surface area contributed by atoms with Crippen molar-refractivity contribution in [2.24, 2.45) is 11.7 Å². The lowest BCUT2D eigenvalue weighted by Crippen LogP contribution is -2.37. The van der Waals surface area contributed by atoms with Crippen LogP contribution in [0.25, 0.3) is 0 Å². The van der Waals surface area contributed by atoms with Gasteiger partial charge in [-0.15, -0.1) is 0 Å². The number of likely N-dealkylation sites (N-methyl/N-ethyl adjacent to an activating group) is 1. The highest BCUT2D eigenvalue weighted by atomic mass is 15.1. The number of hydrogen-bond donors (Lipinski definition) is 1. The Labute approximate surface area is 106 Å². The second kappa shape index (κ2) is 7.46. The molecule has 0 spiro atoms. The second-order valence-corrected chi connectivity index (χ2v) is 5.40. The lowest BCUT2D eigenvalue weighted by Gasteiger charge is -2.22. The van der Waals surface area contributed by atoms with Gasteiger partial charge < -0.3 is 10.6 Å². The topological polar surface area (TPSA) is 29.3 Å². The minimum Gasteiger partial charge on any atom is -0.327 e. The Morgan fingerprint density at radius 2 is 1.76 bits per heavy atom. The molecule has 0 saturated heterocycles. The zero-order chi connectivity index (χ0) is 12.7. The summed E-state index contributed by atoms with van der Waals surface area (Å²) in [7, 11) is 2.16. The molecule has 0 radical (unpaired) electrons. The average Bonchev–Trinajstić information content (AvgIpc) is 2.26. The molecule has 0 aliphatic carbocycles. The van der Waals surface area contributed by atoms with Crippen molar-refractivity contribution in [1.29, 1.82) is 0 Å². The van der Waals surface area contributed by atoms with E-state index in [0.717, 1.165) is 25.9 Å². The van der Waals surface area contributed by atoms with Crippen molar-refractivity contribution in [3.63, 3.8) is 0 Å². The fourth-order valence-electron chi connectivity index (χ4n) is 2.19. The largest absolute Gasteiger partial charge is 0.327 e. The van der Waals surface area contributed by atoms with Crippen molar-refractivity contribution in [3.05, 3.63) is 35.9 Å². The van der Waals surface area contributed by atoms with E-state index in [0.29, 0.717) is 5.92 Å². The molecule has 1 aromatic rings. The van der Waals surface area contributed by atoms with Crippen LogP contribution in [-0.2, 0) is 6.42 Å². The van der Waals surface area contributed by atoms with Gasteiger partial charge >= 0.3 is 0 Å². The molecule has 0 saturated carbocycles. The van der Waals surface area contributed by atoms with Crippen LogP contribution in [0.4, 0.5) is 0 Å². The van der Waals surface area contributed by atoms with Gasteiger partial charge in [0.05, 0.1) is 0 Å². The predicted octanol–water partition coefficient (Wildman–Crippen LogP) is 2.53. The molecule has 0 aliphatic rings. The van der Waals surface area contributed by atoms with E-state index in [9.17, 15) is 0 Å². The molecule has 0 amide bonds. The quantitative estimate of drug-likeness (QED) is 0.785. The van der Waals surface area contributed by atoms with Gasteiger partial charge in [-0.05, 0) is 31.4 Å². The lowest BCUT2D eigenvalue weighted by atomic mass is 10.1. The molecule has 1 atom stereocenters. The Kier molecular flexibility index (Phi) is 6.23. The molecule has 0 aromatic heterocycles. The maximum atomic E-state index is 6.16. The standard InChI is InChI=1S/C15H26N2/c1-13(2)11-17(3)12-15(16)10-9-14-7-5-4-6-8-14/h4-8,13,15H,9-12,16H2,1-3H3. The first-order valence-corrected chi connectivity index (χ1v) is 6.56. The monoisotopic (exact) mass is 234 g/mol. The molecule has 1 aromatic carbocycles. The van der Waals surface area contributed by atoms with Crippen molar-refractivity contribution in [2.45, 2.75) is 32.7 Å². The summed E-state index contributed by atoms with van der Waals surface area (Å²) in [6.45, 7) is 6.60. The molecule has 17 heavy (non-hydrogen) atoms. The van der Waals surface area contributed by atoms with Crippen LogP contribution in [0, 0.1) is 5.92 Å². The summed E-state index contributed by atoms with van der Waals surface area (Å²) >= 11 is 0. The van der Waals surface area contributed by atoms with E-state index in [1.165, 1.54) is 5.56 Å². The third-order valence-electron chi connectivity index (χ3n) is 2.87. The lowest BCUT2D eigenvalue weighted by molar-refractivity contribution is 0.273. The molecular formula is C15H26N2. The summed E-state index contributed by atoms with van der Waals surface area (Å²) in [6.07, 6.45) is 2.14. The first-order valence-electron chi connectivity index (χ1n) is 6.56. The third-order valence-corrected chi connectivity index (χ3v) is 2.87. The molecule has 2 heteroatoms. The van der Waals surface area contributed by atoms with Gasteiger partial charge in [-0.1, -0.05) is 44.2 Å². The fourth-order valence-corrected chi connectivity index (χ4v) is 2.19. The van der Waals surface area contributed by atoms with E-state index in [1.54, 1.807) is 0 Å². The summed E-state index contributed by atoms with van der Waals surface area (Å²) in [5.74, 6) is 0.710. The van der Waals surface area contributed by atoms with Gasteiger partial charge in [-0.2, -0.15) is 0 Å². The Morgan fingerprint density at radius 3 is 2.35 bits per heavy atom. The Balaban J connectivity index is 2.23. The van der Waals surface area contributed by atoms with Gasteiger partial charge in [-0.3, -0.25) is 0 Å². The summed E-state index contributed by atoms with van der Waals surface area (Å²) in [6, 6.07) is 10.9. The van der Waals surface area contributed by atoms with Crippen LogP contribution >= 0.6 is 0 Å². The van der Waals surface area contributed by atoms with E-state index < -0.39 is 0 Å². The van der Waals surface area contributed by atoms with Crippen LogP contribution in [0.5, 0.6) is 0 Å². The first-order chi connectivity index (χ1) is 8.08. The van der Waals surface area contributed by atoms with Crippen LogP contribution in [0.15, 0.2) is 30.3 Å². The molecular weight excluding hydrogens is 208 g/mol. The highest BCUT2D eigenvalue weighted by Gasteiger charge is 2.08. The highest BCUT2D eigenvalue weighted by Crippen LogP contribution is 2.05. The predicted molar refractivity (Wildman–Crippen MR) is 75.1 cm³/mol.